The van der Waals surface area contributed by atoms with E-state index in [4.69, 9.17) is 14.0 Å². The number of aromatic nitrogens is 2. The van der Waals surface area contributed by atoms with Crippen LogP contribution in [0, 0.1) is 0 Å². The summed E-state index contributed by atoms with van der Waals surface area (Å²) < 4.78 is 15.8. The Morgan fingerprint density at radius 1 is 1.24 bits per heavy atom. The summed E-state index contributed by atoms with van der Waals surface area (Å²) in [6.45, 7) is 1.79. The average Bonchev–Trinajstić information content (AvgIpc) is 3.32. The molecule has 25 heavy (non-hydrogen) atoms. The van der Waals surface area contributed by atoms with Gasteiger partial charge in [-0.25, -0.2) is 0 Å². The second kappa shape index (κ2) is 7.35. The van der Waals surface area contributed by atoms with Crippen molar-refractivity contribution in [3.8, 4) is 22.9 Å². The maximum Gasteiger partial charge on any atom is 0.261 e. The fraction of sp³-hybridized carbons (Fsp3) is 0.235. The summed E-state index contributed by atoms with van der Waals surface area (Å²) in [6, 6.07) is 8.53. The van der Waals surface area contributed by atoms with E-state index in [-0.39, 0.29) is 5.91 Å². The standard InChI is InChI=1S/C17H17N3O4S/c1-10(18-16(21)14-5-4-8-25-14)17-19-15(20-24-17)11-6-7-12(22-2)13(9-11)23-3/h4-10H,1-3H3,(H,18,21)/t10-/m0/s1. The minimum Gasteiger partial charge on any atom is -0.493 e. The van der Waals surface area contributed by atoms with Crippen molar-refractivity contribution in [2.24, 2.45) is 0 Å². The number of amides is 1. The lowest BCUT2D eigenvalue weighted by atomic mass is 10.2. The van der Waals surface area contributed by atoms with Crippen LogP contribution in [0.25, 0.3) is 11.4 Å². The predicted molar refractivity (Wildman–Crippen MR) is 93.0 cm³/mol. The first-order chi connectivity index (χ1) is 12.1. The molecule has 0 saturated heterocycles. The van der Waals surface area contributed by atoms with E-state index in [2.05, 4.69) is 15.5 Å². The molecule has 2 heterocycles. The number of ether oxygens (including phenoxy) is 2. The van der Waals surface area contributed by atoms with E-state index in [1.807, 2.05) is 17.5 Å². The zero-order chi connectivity index (χ0) is 17.8. The molecule has 1 aromatic carbocycles. The zero-order valence-corrected chi connectivity index (χ0v) is 14.8. The molecule has 1 atom stereocenters. The van der Waals surface area contributed by atoms with Crippen LogP contribution in [0.3, 0.4) is 0 Å². The van der Waals surface area contributed by atoms with Crippen LogP contribution >= 0.6 is 11.3 Å². The molecule has 0 radical (unpaired) electrons. The number of thiophene rings is 1. The van der Waals surface area contributed by atoms with Gasteiger partial charge in [-0.2, -0.15) is 4.98 Å². The predicted octanol–water partition coefficient (Wildman–Crippen LogP) is 3.31. The number of benzene rings is 1. The maximum absolute atomic E-state index is 12.1. The molecule has 0 aliphatic rings. The van der Waals surface area contributed by atoms with Gasteiger partial charge in [0, 0.05) is 5.56 Å². The number of carbonyl (C=O) groups excluding carboxylic acids is 1. The summed E-state index contributed by atoms with van der Waals surface area (Å²) in [5.41, 5.74) is 0.726. The van der Waals surface area contributed by atoms with Gasteiger partial charge in [0.25, 0.3) is 5.91 Å². The molecular formula is C17H17N3O4S. The van der Waals surface area contributed by atoms with Crippen molar-refractivity contribution in [3.63, 3.8) is 0 Å². The Morgan fingerprint density at radius 2 is 2.04 bits per heavy atom. The Labute approximate surface area is 148 Å². The maximum atomic E-state index is 12.1. The minimum absolute atomic E-state index is 0.173. The van der Waals surface area contributed by atoms with Crippen LogP contribution in [-0.4, -0.2) is 30.3 Å². The van der Waals surface area contributed by atoms with Crippen LogP contribution in [0.4, 0.5) is 0 Å². The third-order valence-corrected chi connectivity index (χ3v) is 4.42. The molecule has 3 rings (SSSR count). The van der Waals surface area contributed by atoms with E-state index in [1.165, 1.54) is 11.3 Å². The summed E-state index contributed by atoms with van der Waals surface area (Å²) >= 11 is 1.37. The molecule has 1 amide bonds. The van der Waals surface area contributed by atoms with Gasteiger partial charge < -0.3 is 19.3 Å². The van der Waals surface area contributed by atoms with Crippen LogP contribution in [0.15, 0.2) is 40.2 Å². The van der Waals surface area contributed by atoms with Gasteiger partial charge in [-0.15, -0.1) is 11.3 Å². The Hall–Kier alpha value is -2.87. The summed E-state index contributed by atoms with van der Waals surface area (Å²) in [7, 11) is 3.13. The highest BCUT2D eigenvalue weighted by Gasteiger charge is 2.19. The molecule has 0 saturated carbocycles. The second-order valence-electron chi connectivity index (χ2n) is 5.20. The van der Waals surface area contributed by atoms with Crippen molar-refractivity contribution in [2.45, 2.75) is 13.0 Å². The Balaban J connectivity index is 1.77. The number of hydrogen-bond acceptors (Lipinski definition) is 7. The lowest BCUT2D eigenvalue weighted by Gasteiger charge is -2.08. The van der Waals surface area contributed by atoms with Gasteiger partial charge in [0.2, 0.25) is 11.7 Å². The molecule has 7 nitrogen and oxygen atoms in total. The van der Waals surface area contributed by atoms with E-state index < -0.39 is 6.04 Å². The number of carbonyl (C=O) groups is 1. The second-order valence-corrected chi connectivity index (χ2v) is 6.15. The molecule has 2 aromatic heterocycles. The highest BCUT2D eigenvalue weighted by atomic mass is 32.1. The zero-order valence-electron chi connectivity index (χ0n) is 14.0. The lowest BCUT2D eigenvalue weighted by Crippen LogP contribution is -2.26. The molecule has 3 aromatic rings. The smallest absolute Gasteiger partial charge is 0.261 e. The lowest BCUT2D eigenvalue weighted by molar-refractivity contribution is 0.0936. The third kappa shape index (κ3) is 3.63. The first kappa shape index (κ1) is 17.0. The highest BCUT2D eigenvalue weighted by molar-refractivity contribution is 7.12. The molecule has 0 fully saturated rings. The van der Waals surface area contributed by atoms with Gasteiger partial charge in [-0.1, -0.05) is 11.2 Å². The van der Waals surface area contributed by atoms with E-state index >= 15 is 0 Å². The van der Waals surface area contributed by atoms with Gasteiger partial charge in [-0.3, -0.25) is 4.79 Å². The topological polar surface area (TPSA) is 86.5 Å². The molecule has 1 N–H and O–H groups in total. The Kier molecular flexibility index (Phi) is 4.99. The fourth-order valence-electron chi connectivity index (χ4n) is 2.24. The number of nitrogens with one attached hydrogen (secondary N) is 1. The van der Waals surface area contributed by atoms with E-state index in [1.54, 1.807) is 39.3 Å². The largest absolute Gasteiger partial charge is 0.493 e. The average molecular weight is 359 g/mol. The minimum atomic E-state index is -0.406. The van der Waals surface area contributed by atoms with Gasteiger partial charge >= 0.3 is 0 Å². The van der Waals surface area contributed by atoms with Crippen LogP contribution < -0.4 is 14.8 Å². The van der Waals surface area contributed by atoms with Crippen molar-refractivity contribution in [3.05, 3.63) is 46.5 Å². The first-order valence-electron chi connectivity index (χ1n) is 7.52. The number of hydrogen-bond donors (Lipinski definition) is 1. The molecule has 0 bridgehead atoms. The number of nitrogens with zero attached hydrogens (tertiary/aromatic N) is 2. The molecule has 0 aliphatic heterocycles. The fourth-order valence-corrected chi connectivity index (χ4v) is 2.87. The Morgan fingerprint density at radius 3 is 2.72 bits per heavy atom. The van der Waals surface area contributed by atoms with Crippen molar-refractivity contribution >= 4 is 17.2 Å². The van der Waals surface area contributed by atoms with Gasteiger partial charge in [0.1, 0.15) is 6.04 Å². The molecule has 0 unspecified atom stereocenters. The van der Waals surface area contributed by atoms with Gasteiger partial charge in [-0.05, 0) is 36.6 Å². The van der Waals surface area contributed by atoms with E-state index in [0.29, 0.717) is 28.1 Å². The summed E-state index contributed by atoms with van der Waals surface area (Å²) in [6.07, 6.45) is 0. The molecular weight excluding hydrogens is 342 g/mol. The monoisotopic (exact) mass is 359 g/mol. The third-order valence-electron chi connectivity index (χ3n) is 3.55. The van der Waals surface area contributed by atoms with Crippen LogP contribution in [-0.2, 0) is 0 Å². The van der Waals surface area contributed by atoms with E-state index in [9.17, 15) is 4.79 Å². The number of methoxy groups -OCH3 is 2. The molecule has 0 spiro atoms. The molecule has 8 heteroatoms. The highest BCUT2D eigenvalue weighted by Crippen LogP contribution is 2.31. The van der Waals surface area contributed by atoms with E-state index in [0.717, 1.165) is 5.56 Å². The summed E-state index contributed by atoms with van der Waals surface area (Å²) in [5.74, 6) is 1.76. The van der Waals surface area contributed by atoms with Crippen LogP contribution in [0.1, 0.15) is 28.5 Å². The van der Waals surface area contributed by atoms with Crippen molar-refractivity contribution in [2.75, 3.05) is 14.2 Å². The molecule has 130 valence electrons. The SMILES string of the molecule is COc1ccc(-c2noc([C@H](C)NC(=O)c3cccs3)n2)cc1OC. The summed E-state index contributed by atoms with van der Waals surface area (Å²) in [4.78, 5) is 17.1. The van der Waals surface area contributed by atoms with Crippen molar-refractivity contribution in [1.29, 1.82) is 0 Å². The summed E-state index contributed by atoms with van der Waals surface area (Å²) in [5, 5.41) is 8.66. The first-order valence-corrected chi connectivity index (χ1v) is 8.40. The van der Waals surface area contributed by atoms with Crippen molar-refractivity contribution in [1.82, 2.24) is 15.5 Å². The quantitative estimate of drug-likeness (QED) is 0.727. The molecule has 0 aliphatic carbocycles. The Bertz CT molecular complexity index is 861. The van der Waals surface area contributed by atoms with Gasteiger partial charge in [0.15, 0.2) is 11.5 Å². The number of rotatable bonds is 6. The normalized spacial score (nSPS) is 11.8. The van der Waals surface area contributed by atoms with Crippen LogP contribution in [0.5, 0.6) is 11.5 Å². The van der Waals surface area contributed by atoms with Gasteiger partial charge in [0.05, 0.1) is 19.1 Å². The van der Waals surface area contributed by atoms with Crippen molar-refractivity contribution < 1.29 is 18.8 Å². The van der Waals surface area contributed by atoms with Crippen LogP contribution in [0.2, 0.25) is 0 Å².